The van der Waals surface area contributed by atoms with E-state index in [1.165, 1.54) is 6.20 Å². The van der Waals surface area contributed by atoms with Crippen LogP contribution < -0.4 is 5.32 Å². The Bertz CT molecular complexity index is 667. The molecule has 0 spiro atoms. The smallest absolute Gasteiger partial charge is 0.253 e. The molecule has 0 atom stereocenters. The zero-order chi connectivity index (χ0) is 14.4. The normalized spacial score (nSPS) is 9.70. The number of aliphatic hydroxyl groups is 1. The molecule has 0 bridgehead atoms. The number of hydrogen-bond donors (Lipinski definition) is 3. The SMILES string of the molecule is Cc1[nH]ncc1CNC(=O)c1cncc(C#CCO)c1. The molecule has 6 heteroatoms. The summed E-state index contributed by atoms with van der Waals surface area (Å²) in [7, 11) is 0. The van der Waals surface area contributed by atoms with E-state index in [2.05, 4.69) is 32.3 Å². The van der Waals surface area contributed by atoms with E-state index in [-0.39, 0.29) is 12.5 Å². The number of nitrogens with one attached hydrogen (secondary N) is 2. The van der Waals surface area contributed by atoms with E-state index in [1.807, 2.05) is 6.92 Å². The van der Waals surface area contributed by atoms with Gasteiger partial charge in [-0.25, -0.2) is 0 Å². The Balaban J connectivity index is 2.04. The van der Waals surface area contributed by atoms with Crippen LogP contribution in [-0.4, -0.2) is 32.8 Å². The van der Waals surface area contributed by atoms with Crippen molar-refractivity contribution in [1.82, 2.24) is 20.5 Å². The average molecular weight is 270 g/mol. The van der Waals surface area contributed by atoms with Crippen LogP contribution in [0.2, 0.25) is 0 Å². The van der Waals surface area contributed by atoms with Crippen LogP contribution in [0.3, 0.4) is 0 Å². The Morgan fingerprint density at radius 2 is 2.30 bits per heavy atom. The number of rotatable bonds is 3. The maximum Gasteiger partial charge on any atom is 0.253 e. The second-order valence-electron chi connectivity index (χ2n) is 4.13. The van der Waals surface area contributed by atoms with Gasteiger partial charge in [0.05, 0.1) is 11.8 Å². The van der Waals surface area contributed by atoms with Crippen molar-refractivity contribution in [3.63, 3.8) is 0 Å². The predicted octanol–water partition coefficient (Wildman–Crippen LogP) is 0.387. The van der Waals surface area contributed by atoms with E-state index < -0.39 is 0 Å². The number of hydrogen-bond acceptors (Lipinski definition) is 4. The molecule has 0 aliphatic heterocycles. The van der Waals surface area contributed by atoms with Gasteiger partial charge in [-0.3, -0.25) is 14.9 Å². The van der Waals surface area contributed by atoms with Gasteiger partial charge in [0.25, 0.3) is 5.91 Å². The van der Waals surface area contributed by atoms with Gasteiger partial charge in [0.2, 0.25) is 0 Å². The minimum atomic E-state index is -0.231. The largest absolute Gasteiger partial charge is 0.384 e. The molecule has 102 valence electrons. The molecule has 0 fully saturated rings. The Morgan fingerprint density at radius 3 is 3.00 bits per heavy atom. The molecular formula is C14H14N4O2. The molecule has 0 saturated heterocycles. The summed E-state index contributed by atoms with van der Waals surface area (Å²) in [5.74, 6) is 4.99. The highest BCUT2D eigenvalue weighted by Gasteiger charge is 2.07. The van der Waals surface area contributed by atoms with Crippen molar-refractivity contribution in [2.45, 2.75) is 13.5 Å². The van der Waals surface area contributed by atoms with Crippen molar-refractivity contribution >= 4 is 5.91 Å². The fraction of sp³-hybridized carbons (Fsp3) is 0.214. The fourth-order valence-electron chi connectivity index (χ4n) is 1.61. The molecule has 0 aromatic carbocycles. The van der Waals surface area contributed by atoms with Gasteiger partial charge in [0, 0.05) is 35.8 Å². The van der Waals surface area contributed by atoms with Crippen LogP contribution in [-0.2, 0) is 6.54 Å². The van der Waals surface area contributed by atoms with Gasteiger partial charge >= 0.3 is 0 Å². The van der Waals surface area contributed by atoms with Gasteiger partial charge < -0.3 is 10.4 Å². The molecule has 1 amide bonds. The molecule has 0 aliphatic carbocycles. The first-order chi connectivity index (χ1) is 9.70. The number of aliphatic hydroxyl groups excluding tert-OH is 1. The van der Waals surface area contributed by atoms with Gasteiger partial charge in [0.15, 0.2) is 0 Å². The van der Waals surface area contributed by atoms with Crippen LogP contribution in [0, 0.1) is 18.8 Å². The van der Waals surface area contributed by atoms with Crippen LogP contribution in [0.5, 0.6) is 0 Å². The van der Waals surface area contributed by atoms with Crippen molar-refractivity contribution < 1.29 is 9.90 Å². The number of aromatic amines is 1. The lowest BCUT2D eigenvalue weighted by molar-refractivity contribution is 0.0950. The van der Waals surface area contributed by atoms with Crippen molar-refractivity contribution in [1.29, 1.82) is 0 Å². The first-order valence-electron chi connectivity index (χ1n) is 6.02. The Morgan fingerprint density at radius 1 is 1.45 bits per heavy atom. The summed E-state index contributed by atoms with van der Waals surface area (Å²) in [6.45, 7) is 2.06. The van der Waals surface area contributed by atoms with Crippen molar-refractivity contribution in [2.24, 2.45) is 0 Å². The van der Waals surface area contributed by atoms with Gasteiger partial charge in [-0.05, 0) is 13.0 Å². The van der Waals surface area contributed by atoms with Crippen LogP contribution in [0.25, 0.3) is 0 Å². The standard InChI is InChI=1S/C14H14N4O2/c1-10-13(9-17-18-10)8-16-14(20)12-5-11(3-2-4-19)6-15-7-12/h5-7,9,19H,4,8H2,1H3,(H,16,20)(H,17,18). The van der Waals surface area contributed by atoms with E-state index in [9.17, 15) is 4.79 Å². The summed E-state index contributed by atoms with van der Waals surface area (Å²) in [6.07, 6.45) is 4.69. The minimum absolute atomic E-state index is 0.226. The summed E-state index contributed by atoms with van der Waals surface area (Å²) in [4.78, 5) is 16.0. The summed E-state index contributed by atoms with van der Waals surface area (Å²) in [6, 6.07) is 1.63. The van der Waals surface area contributed by atoms with E-state index >= 15 is 0 Å². The first-order valence-corrected chi connectivity index (χ1v) is 6.02. The molecule has 0 unspecified atom stereocenters. The molecule has 3 N–H and O–H groups in total. The van der Waals surface area contributed by atoms with E-state index in [0.29, 0.717) is 17.7 Å². The third-order valence-electron chi connectivity index (χ3n) is 2.69. The quantitative estimate of drug-likeness (QED) is 0.703. The van der Waals surface area contributed by atoms with E-state index in [0.717, 1.165) is 11.3 Å². The summed E-state index contributed by atoms with van der Waals surface area (Å²) in [5.41, 5.74) is 2.87. The number of carbonyl (C=O) groups excluding carboxylic acids is 1. The maximum absolute atomic E-state index is 12.0. The molecule has 20 heavy (non-hydrogen) atoms. The van der Waals surface area contributed by atoms with Crippen LogP contribution in [0.15, 0.2) is 24.7 Å². The third kappa shape index (κ3) is 3.43. The fourth-order valence-corrected chi connectivity index (χ4v) is 1.61. The number of pyridine rings is 1. The van der Waals surface area contributed by atoms with Crippen LogP contribution in [0.4, 0.5) is 0 Å². The highest BCUT2D eigenvalue weighted by molar-refractivity contribution is 5.94. The predicted molar refractivity (Wildman–Crippen MR) is 72.7 cm³/mol. The molecule has 2 aromatic rings. The summed E-state index contributed by atoms with van der Waals surface area (Å²) in [5, 5.41) is 18.1. The van der Waals surface area contributed by atoms with Gasteiger partial charge in [-0.15, -0.1) is 0 Å². The average Bonchev–Trinajstić information content (AvgIpc) is 2.88. The van der Waals surface area contributed by atoms with Crippen molar-refractivity contribution in [2.75, 3.05) is 6.61 Å². The van der Waals surface area contributed by atoms with Crippen molar-refractivity contribution in [3.8, 4) is 11.8 Å². The lowest BCUT2D eigenvalue weighted by atomic mass is 10.2. The number of H-pyrrole nitrogens is 1. The first kappa shape index (κ1) is 13.8. The highest BCUT2D eigenvalue weighted by Crippen LogP contribution is 2.04. The molecule has 2 aromatic heterocycles. The highest BCUT2D eigenvalue weighted by atomic mass is 16.2. The van der Waals surface area contributed by atoms with Gasteiger partial charge in [0.1, 0.15) is 6.61 Å². The van der Waals surface area contributed by atoms with Gasteiger partial charge in [-0.2, -0.15) is 5.10 Å². The monoisotopic (exact) mass is 270 g/mol. The van der Waals surface area contributed by atoms with E-state index in [4.69, 9.17) is 5.11 Å². The lowest BCUT2D eigenvalue weighted by Crippen LogP contribution is -2.23. The second-order valence-corrected chi connectivity index (χ2v) is 4.13. The molecular weight excluding hydrogens is 256 g/mol. The Kier molecular flexibility index (Phi) is 4.47. The third-order valence-corrected chi connectivity index (χ3v) is 2.69. The number of carbonyl (C=O) groups is 1. The molecule has 6 nitrogen and oxygen atoms in total. The number of nitrogens with zero attached hydrogens (tertiary/aromatic N) is 2. The number of amides is 1. The Hall–Kier alpha value is -2.65. The molecule has 0 aliphatic rings. The molecule has 2 heterocycles. The summed E-state index contributed by atoms with van der Waals surface area (Å²) < 4.78 is 0. The number of aromatic nitrogens is 3. The zero-order valence-electron chi connectivity index (χ0n) is 11.0. The topological polar surface area (TPSA) is 90.9 Å². The second kappa shape index (κ2) is 6.50. The van der Waals surface area contributed by atoms with Crippen molar-refractivity contribution in [3.05, 3.63) is 47.0 Å². The molecule has 2 rings (SSSR count). The maximum atomic E-state index is 12.0. The number of aryl methyl sites for hydroxylation is 1. The van der Waals surface area contributed by atoms with Crippen LogP contribution in [0.1, 0.15) is 27.2 Å². The molecule has 0 radical (unpaired) electrons. The molecule has 0 saturated carbocycles. The lowest BCUT2D eigenvalue weighted by Gasteiger charge is -2.04. The minimum Gasteiger partial charge on any atom is -0.384 e. The van der Waals surface area contributed by atoms with Gasteiger partial charge in [-0.1, -0.05) is 11.8 Å². The van der Waals surface area contributed by atoms with Crippen LogP contribution >= 0.6 is 0 Å². The zero-order valence-corrected chi connectivity index (χ0v) is 11.0. The van der Waals surface area contributed by atoms with E-state index in [1.54, 1.807) is 18.5 Å². The summed E-state index contributed by atoms with van der Waals surface area (Å²) >= 11 is 0. The Labute approximate surface area is 116 Å².